The molecule has 3 fully saturated rings. The van der Waals surface area contributed by atoms with Crippen LogP contribution in [0.15, 0.2) is 0 Å². The van der Waals surface area contributed by atoms with Crippen LogP contribution in [-0.2, 0) is 28.4 Å². The van der Waals surface area contributed by atoms with Gasteiger partial charge in [0, 0.05) is 76.5 Å². The van der Waals surface area contributed by atoms with Gasteiger partial charge >= 0.3 is 0 Å². The molecule has 12 nitrogen and oxygen atoms in total. The third kappa shape index (κ3) is 19.7. The van der Waals surface area contributed by atoms with Gasteiger partial charge in [0.25, 0.3) is 0 Å². The number of ether oxygens (including phenoxy) is 6. The van der Waals surface area contributed by atoms with Crippen LogP contribution in [0.1, 0.15) is 94.9 Å². The van der Waals surface area contributed by atoms with E-state index in [0.29, 0.717) is 50.1 Å². The summed E-state index contributed by atoms with van der Waals surface area (Å²) in [6.45, 7) is 35.8. The fourth-order valence-electron chi connectivity index (χ4n) is 8.96. The lowest BCUT2D eigenvalue weighted by Gasteiger charge is -2.41. The second-order valence-corrected chi connectivity index (χ2v) is 20.1. The fraction of sp³-hybridized carbons (Fsp3) is 1.00. The van der Waals surface area contributed by atoms with Gasteiger partial charge in [-0.1, -0.05) is 55.4 Å². The van der Waals surface area contributed by atoms with Crippen molar-refractivity contribution < 1.29 is 28.4 Å². The van der Waals surface area contributed by atoms with Crippen molar-refractivity contribution in [3.63, 3.8) is 0 Å². The third-order valence-electron chi connectivity index (χ3n) is 12.5. The minimum absolute atomic E-state index is 0.0141. The molecule has 0 spiro atoms. The molecule has 0 radical (unpaired) electrons. The standard InChI is InChI=1S/C46H94N6O6/c1-35(2)23-41-31-55-39(9)27-47(11)44(26-38(7)8)34-58-46(52-17-21-54-22-18-52)30-50(14)42(24-36(3)4)32-56-40(10)28-48(12)43(25-37(5)6)33-57-45(29-49(41)13)51-15-19-53-20-16-51/h35-46H,15-34H2,1-14H3/t39-,40-,41+,42+,43+,44+,45-,46-/m1/s1. The van der Waals surface area contributed by atoms with E-state index in [1.54, 1.807) is 0 Å². The highest BCUT2D eigenvalue weighted by Crippen LogP contribution is 2.21. The van der Waals surface area contributed by atoms with Gasteiger partial charge in [0.2, 0.25) is 0 Å². The van der Waals surface area contributed by atoms with Gasteiger partial charge in [-0.05, 0) is 91.4 Å². The zero-order chi connectivity index (χ0) is 42.8. The summed E-state index contributed by atoms with van der Waals surface area (Å²) in [5, 5.41) is 0. The fourth-order valence-corrected chi connectivity index (χ4v) is 8.96. The number of hydrogen-bond acceptors (Lipinski definition) is 12. The van der Waals surface area contributed by atoms with Crippen LogP contribution in [-0.4, -0.2) is 212 Å². The van der Waals surface area contributed by atoms with Gasteiger partial charge in [-0.3, -0.25) is 29.4 Å². The monoisotopic (exact) mass is 827 g/mol. The van der Waals surface area contributed by atoms with Crippen LogP contribution < -0.4 is 0 Å². The molecule has 0 aromatic heterocycles. The molecule has 0 aromatic rings. The molecule has 58 heavy (non-hydrogen) atoms. The van der Waals surface area contributed by atoms with Crippen LogP contribution in [0.5, 0.6) is 0 Å². The lowest BCUT2D eigenvalue weighted by Crippen LogP contribution is -2.54. The largest absolute Gasteiger partial charge is 0.379 e. The summed E-state index contributed by atoms with van der Waals surface area (Å²) in [4.78, 5) is 15.0. The molecule has 0 unspecified atom stereocenters. The Balaban J connectivity index is 1.93. The number of morpholine rings is 2. The smallest absolute Gasteiger partial charge is 0.123 e. The third-order valence-corrected chi connectivity index (χ3v) is 12.5. The average Bonchev–Trinajstić information content (AvgIpc) is 3.16. The van der Waals surface area contributed by atoms with Crippen LogP contribution in [0.3, 0.4) is 0 Å². The van der Waals surface area contributed by atoms with Gasteiger partial charge in [-0.25, -0.2) is 0 Å². The predicted octanol–water partition coefficient (Wildman–Crippen LogP) is 5.55. The van der Waals surface area contributed by atoms with Gasteiger partial charge in [0.05, 0.1) is 65.1 Å². The van der Waals surface area contributed by atoms with Crippen LogP contribution in [0.25, 0.3) is 0 Å². The maximum absolute atomic E-state index is 7.04. The molecule has 3 saturated heterocycles. The highest BCUT2D eigenvalue weighted by Gasteiger charge is 2.32. The molecule has 0 aliphatic carbocycles. The second-order valence-electron chi connectivity index (χ2n) is 20.1. The van der Waals surface area contributed by atoms with Crippen LogP contribution in [0, 0.1) is 23.7 Å². The summed E-state index contributed by atoms with van der Waals surface area (Å²) in [6, 6.07) is 1.16. The lowest BCUT2D eigenvalue weighted by atomic mass is 10.0. The highest BCUT2D eigenvalue weighted by molar-refractivity contribution is 4.82. The number of likely N-dealkylation sites (N-methyl/N-ethyl adjacent to an activating group) is 4. The summed E-state index contributed by atoms with van der Waals surface area (Å²) in [7, 11) is 9.07. The Morgan fingerprint density at radius 3 is 0.931 bits per heavy atom. The second kappa shape index (κ2) is 27.6. The van der Waals surface area contributed by atoms with E-state index in [1.165, 1.54) is 0 Å². The van der Waals surface area contributed by atoms with Gasteiger partial charge in [0.15, 0.2) is 0 Å². The molecular formula is C46H94N6O6. The van der Waals surface area contributed by atoms with E-state index in [1.807, 2.05) is 0 Å². The topological polar surface area (TPSA) is 74.8 Å². The average molecular weight is 827 g/mol. The van der Waals surface area contributed by atoms with Gasteiger partial charge < -0.3 is 28.4 Å². The van der Waals surface area contributed by atoms with E-state index in [0.717, 1.165) is 104 Å². The number of hydrogen-bond donors (Lipinski definition) is 0. The van der Waals surface area contributed by atoms with Gasteiger partial charge in [0.1, 0.15) is 12.5 Å². The predicted molar refractivity (Wildman–Crippen MR) is 239 cm³/mol. The first-order valence-corrected chi connectivity index (χ1v) is 23.4. The summed E-state index contributed by atoms with van der Waals surface area (Å²) in [5.41, 5.74) is 0. The van der Waals surface area contributed by atoms with Crippen molar-refractivity contribution >= 4 is 0 Å². The molecule has 12 heteroatoms. The van der Waals surface area contributed by atoms with Gasteiger partial charge in [-0.15, -0.1) is 0 Å². The normalized spacial score (nSPS) is 33.0. The van der Waals surface area contributed by atoms with Crippen LogP contribution in [0.4, 0.5) is 0 Å². The first-order valence-electron chi connectivity index (χ1n) is 23.4. The number of rotatable bonds is 10. The van der Waals surface area contributed by atoms with Crippen molar-refractivity contribution in [2.45, 2.75) is 144 Å². The maximum Gasteiger partial charge on any atom is 0.123 e. The molecule has 344 valence electrons. The Morgan fingerprint density at radius 1 is 0.397 bits per heavy atom. The summed E-state index contributed by atoms with van der Waals surface area (Å²) in [6.07, 6.45) is 4.45. The van der Waals surface area contributed by atoms with E-state index in [2.05, 4.69) is 127 Å². The molecular weight excluding hydrogens is 733 g/mol. The Kier molecular flexibility index (Phi) is 24.6. The van der Waals surface area contributed by atoms with Gasteiger partial charge in [-0.2, -0.15) is 0 Å². The summed E-state index contributed by atoms with van der Waals surface area (Å²) in [5.74, 6) is 2.24. The van der Waals surface area contributed by atoms with Crippen molar-refractivity contribution in [1.29, 1.82) is 0 Å². The molecule has 0 amide bonds. The van der Waals surface area contributed by atoms with Crippen molar-refractivity contribution in [2.75, 3.05) is 133 Å². The quantitative estimate of drug-likeness (QED) is 0.278. The van der Waals surface area contributed by atoms with Crippen molar-refractivity contribution in [2.24, 2.45) is 23.7 Å². The summed E-state index contributed by atoms with van der Waals surface area (Å²) >= 11 is 0. The van der Waals surface area contributed by atoms with E-state index in [-0.39, 0.29) is 48.8 Å². The minimum Gasteiger partial charge on any atom is -0.379 e. The lowest BCUT2D eigenvalue weighted by molar-refractivity contribution is -0.128. The maximum atomic E-state index is 7.04. The van der Waals surface area contributed by atoms with Crippen LogP contribution in [0.2, 0.25) is 0 Å². The summed E-state index contributed by atoms with van der Waals surface area (Å²) < 4.78 is 39.3. The Labute approximate surface area is 357 Å². The van der Waals surface area contributed by atoms with Crippen LogP contribution >= 0.6 is 0 Å². The highest BCUT2D eigenvalue weighted by atomic mass is 16.5. The Morgan fingerprint density at radius 2 is 0.655 bits per heavy atom. The molecule has 8 atom stereocenters. The first kappa shape index (κ1) is 51.9. The van der Waals surface area contributed by atoms with E-state index in [4.69, 9.17) is 28.4 Å². The zero-order valence-corrected chi connectivity index (χ0v) is 40.2. The Bertz CT molecular complexity index is 950. The molecule has 3 heterocycles. The van der Waals surface area contributed by atoms with Crippen molar-refractivity contribution in [3.05, 3.63) is 0 Å². The molecule has 3 aliphatic rings. The molecule has 0 aromatic carbocycles. The SMILES string of the molecule is CC(C)C[C@H]1CO[C@@H](N2CCOCC2)CN(C)[C@@H](CC(C)C)CO[C@H](C)CN(C)[C@@H](CC(C)C)CO[C@@H](N2CCOCC2)CN(C)[C@@H](CC(C)C)CO[C@H](C)CN1C. The molecule has 3 aliphatic heterocycles. The van der Waals surface area contributed by atoms with E-state index < -0.39 is 0 Å². The van der Waals surface area contributed by atoms with E-state index in [9.17, 15) is 0 Å². The zero-order valence-electron chi connectivity index (χ0n) is 40.2. The number of nitrogens with zero attached hydrogens (tertiary/aromatic N) is 6. The van der Waals surface area contributed by atoms with E-state index >= 15 is 0 Å². The van der Waals surface area contributed by atoms with Crippen molar-refractivity contribution in [3.8, 4) is 0 Å². The Hall–Kier alpha value is -0.480. The molecule has 0 bridgehead atoms. The molecule has 3 rings (SSSR count). The minimum atomic E-state index is -0.0141. The van der Waals surface area contributed by atoms with Crippen molar-refractivity contribution in [1.82, 2.24) is 29.4 Å². The molecule has 0 saturated carbocycles. The first-order chi connectivity index (χ1) is 27.5. The molecule has 0 N–H and O–H groups in total.